The Bertz CT molecular complexity index is 1570. The first-order valence-corrected chi connectivity index (χ1v) is 12.5. The van der Waals surface area contributed by atoms with Gasteiger partial charge < -0.3 is 8.42 Å². The third-order valence-corrected chi connectivity index (χ3v) is 9.32. The summed E-state index contributed by atoms with van der Waals surface area (Å²) in [6.45, 7) is 0. The Morgan fingerprint density at radius 2 is 1.69 bits per heavy atom. The van der Waals surface area contributed by atoms with Crippen LogP contribution >= 0.6 is 0 Å². The number of Topliss-reactive ketones (excluding diaryl/α,β-unsaturated/α-hetero) is 2. The summed E-state index contributed by atoms with van der Waals surface area (Å²) in [7, 11) is -2.84. The normalized spacial score (nSPS) is 22.1. The van der Waals surface area contributed by atoms with Crippen LogP contribution in [0.3, 0.4) is 0 Å². The second-order valence-corrected chi connectivity index (χ2v) is 10.9. The molecule has 2 aromatic carbocycles. The van der Waals surface area contributed by atoms with Gasteiger partial charge in [0.05, 0.1) is 0 Å². The molecule has 0 saturated carbocycles. The molecule has 0 aromatic heterocycles. The van der Waals surface area contributed by atoms with Crippen LogP contribution in [0.4, 0.5) is 0 Å². The molecule has 0 fully saturated rings. The minimum absolute atomic E-state index is 0.0495. The van der Waals surface area contributed by atoms with Crippen molar-refractivity contribution in [1.29, 1.82) is 0 Å². The molecule has 0 bridgehead atoms. The van der Waals surface area contributed by atoms with Gasteiger partial charge in [0.15, 0.2) is 11.6 Å². The zero-order valence-corrected chi connectivity index (χ0v) is 18.4. The lowest BCUT2D eigenvalue weighted by Gasteiger charge is -2.32. The molecule has 6 heteroatoms. The van der Waals surface area contributed by atoms with Crippen molar-refractivity contribution in [2.24, 2.45) is 5.92 Å². The van der Waals surface area contributed by atoms with Crippen LogP contribution in [0.2, 0.25) is 0 Å². The molecule has 158 valence electrons. The van der Waals surface area contributed by atoms with Gasteiger partial charge in [-0.25, -0.2) is 20.8 Å². The monoisotopic (exact) mass is 456 g/mol. The number of carbonyl (C=O) groups excluding carboxylic acids is 2. The van der Waals surface area contributed by atoms with E-state index in [1.54, 1.807) is 66.8 Å². The van der Waals surface area contributed by atoms with E-state index in [4.69, 9.17) is 0 Å². The van der Waals surface area contributed by atoms with Crippen molar-refractivity contribution in [3.63, 3.8) is 0 Å². The maximum Gasteiger partial charge on any atom is 0.189 e. The van der Waals surface area contributed by atoms with Gasteiger partial charge in [-0.1, -0.05) is 78.9 Å². The number of ketones is 2. The van der Waals surface area contributed by atoms with E-state index in [1.165, 1.54) is 0 Å². The Labute approximate surface area is 188 Å². The Hall–Kier alpha value is -3.22. The lowest BCUT2D eigenvalue weighted by Crippen LogP contribution is -2.29. The SMILES string of the molecule is O=C1C2=CC=C(c3ccc4c(c3)[S-](=O)=C3C=CC=CC3C4=O)CC2=[S-](=O)c2ccccc21. The molecule has 0 radical (unpaired) electrons. The van der Waals surface area contributed by atoms with Gasteiger partial charge in [0.25, 0.3) is 0 Å². The average molecular weight is 457 g/mol. The fraction of sp³-hybridized carbons (Fsp3) is 0.0769. The van der Waals surface area contributed by atoms with Gasteiger partial charge in [0.2, 0.25) is 0 Å². The summed E-state index contributed by atoms with van der Waals surface area (Å²) in [5.74, 6) is -0.626. The maximum atomic E-state index is 13.2. The molecular formula is C26H16O4S2-2. The predicted octanol–water partition coefficient (Wildman–Crippen LogP) is 4.23. The summed E-state index contributed by atoms with van der Waals surface area (Å²) in [5, 5.41) is 0. The molecule has 4 aliphatic rings. The quantitative estimate of drug-likeness (QED) is 0.476. The zero-order chi connectivity index (χ0) is 22.0. The van der Waals surface area contributed by atoms with Crippen LogP contribution in [0.15, 0.2) is 94.3 Å². The smallest absolute Gasteiger partial charge is 0.189 e. The lowest BCUT2D eigenvalue weighted by molar-refractivity contribution is 0.0968. The van der Waals surface area contributed by atoms with Crippen LogP contribution in [0.1, 0.15) is 32.7 Å². The maximum absolute atomic E-state index is 13.2. The molecule has 0 spiro atoms. The Morgan fingerprint density at radius 1 is 0.844 bits per heavy atom. The summed E-state index contributed by atoms with van der Waals surface area (Å²) in [6, 6.07) is 12.4. The molecule has 1 atom stereocenters. The topological polar surface area (TPSA) is 68.3 Å². The van der Waals surface area contributed by atoms with Crippen molar-refractivity contribution < 1.29 is 18.0 Å². The van der Waals surface area contributed by atoms with Gasteiger partial charge in [-0.15, -0.1) is 19.5 Å². The first-order chi connectivity index (χ1) is 15.5. The number of hydrogen-bond donors (Lipinski definition) is 0. The Balaban J connectivity index is 1.46. The van der Waals surface area contributed by atoms with E-state index in [0.717, 1.165) is 11.1 Å². The molecule has 2 heterocycles. The van der Waals surface area contributed by atoms with Crippen molar-refractivity contribution >= 4 is 47.6 Å². The van der Waals surface area contributed by atoms with Crippen LogP contribution in [-0.2, 0) is 29.2 Å². The number of rotatable bonds is 1. The van der Waals surface area contributed by atoms with Gasteiger partial charge in [0.1, 0.15) is 0 Å². The minimum Gasteiger partial charge on any atom is -0.457 e. The first kappa shape index (κ1) is 19.5. The summed E-state index contributed by atoms with van der Waals surface area (Å²) >= 11 is 0. The van der Waals surface area contributed by atoms with Gasteiger partial charge in [-0.3, -0.25) is 9.59 Å². The van der Waals surface area contributed by atoms with E-state index in [-0.39, 0.29) is 11.6 Å². The van der Waals surface area contributed by atoms with Crippen molar-refractivity contribution in [3.05, 3.63) is 101 Å². The van der Waals surface area contributed by atoms with Crippen LogP contribution in [-0.4, -0.2) is 21.3 Å². The van der Waals surface area contributed by atoms with Crippen molar-refractivity contribution in [3.8, 4) is 0 Å². The average Bonchev–Trinajstić information content (AvgIpc) is 2.85. The highest BCUT2D eigenvalue weighted by Crippen LogP contribution is 2.34. The molecule has 2 aliphatic heterocycles. The third kappa shape index (κ3) is 2.73. The van der Waals surface area contributed by atoms with Crippen LogP contribution in [0.5, 0.6) is 0 Å². The Morgan fingerprint density at radius 3 is 2.56 bits per heavy atom. The fourth-order valence-electron chi connectivity index (χ4n) is 4.56. The molecule has 32 heavy (non-hydrogen) atoms. The second-order valence-electron chi connectivity index (χ2n) is 7.93. The summed E-state index contributed by atoms with van der Waals surface area (Å²) in [5.41, 5.74) is 3.14. The number of hydrogen-bond acceptors (Lipinski definition) is 6. The number of fused-ring (bicyclic) bond motifs is 4. The molecule has 1 unspecified atom stereocenters. The van der Waals surface area contributed by atoms with Crippen molar-refractivity contribution in [2.75, 3.05) is 0 Å². The molecule has 0 amide bonds. The van der Waals surface area contributed by atoms with Gasteiger partial charge in [0, 0.05) is 22.6 Å². The van der Waals surface area contributed by atoms with E-state index in [1.807, 2.05) is 12.1 Å². The van der Waals surface area contributed by atoms with Crippen molar-refractivity contribution in [1.82, 2.24) is 0 Å². The number of benzene rings is 2. The minimum atomic E-state index is -1.42. The molecule has 4 nitrogen and oxygen atoms in total. The summed E-state index contributed by atoms with van der Waals surface area (Å²) < 4.78 is 26.4. The van der Waals surface area contributed by atoms with E-state index >= 15 is 0 Å². The standard InChI is InChI=1S/C26H16O4S2/c27-25-17-5-1-3-7-21(17)31(29)23-13-15(9-11-19(23)25)16-10-12-20-24(14-16)32(30)22-8-4-2-6-18(22)26(20)28/h1-13,17H,14H2/q-2. The van der Waals surface area contributed by atoms with Crippen LogP contribution in [0.25, 0.3) is 5.57 Å². The molecule has 6 rings (SSSR count). The highest BCUT2D eigenvalue weighted by molar-refractivity contribution is 7.86. The van der Waals surface area contributed by atoms with Gasteiger partial charge in [-0.05, 0) is 17.6 Å². The second kappa shape index (κ2) is 7.15. The van der Waals surface area contributed by atoms with Crippen LogP contribution < -0.4 is 0 Å². The van der Waals surface area contributed by atoms with Gasteiger partial charge in [-0.2, -0.15) is 0 Å². The highest BCUT2D eigenvalue weighted by Gasteiger charge is 2.26. The lowest BCUT2D eigenvalue weighted by atomic mass is 9.87. The fourth-order valence-corrected chi connectivity index (χ4v) is 7.51. The van der Waals surface area contributed by atoms with E-state index in [2.05, 4.69) is 0 Å². The van der Waals surface area contributed by atoms with Crippen LogP contribution in [0, 0.1) is 5.92 Å². The molecule has 2 aliphatic carbocycles. The molecule has 0 saturated heterocycles. The predicted molar refractivity (Wildman–Crippen MR) is 127 cm³/mol. The number of carbonyl (C=O) groups is 2. The van der Waals surface area contributed by atoms with E-state index < -0.39 is 26.7 Å². The zero-order valence-electron chi connectivity index (χ0n) is 16.7. The van der Waals surface area contributed by atoms with E-state index in [0.29, 0.717) is 42.6 Å². The molecular weight excluding hydrogens is 440 g/mol. The summed E-state index contributed by atoms with van der Waals surface area (Å²) in [6.07, 6.45) is 11.1. The summed E-state index contributed by atoms with van der Waals surface area (Å²) in [4.78, 5) is 28.1. The Kier molecular flexibility index (Phi) is 4.35. The molecule has 2 aromatic rings. The van der Waals surface area contributed by atoms with E-state index in [9.17, 15) is 18.0 Å². The largest absolute Gasteiger partial charge is 0.457 e. The number of allylic oxidation sites excluding steroid dienone is 8. The first-order valence-electron chi connectivity index (χ1n) is 10.2. The van der Waals surface area contributed by atoms with Crippen molar-refractivity contribution in [2.45, 2.75) is 16.2 Å². The molecule has 0 N–H and O–H groups in total. The highest BCUT2D eigenvalue weighted by atomic mass is 32.2. The van der Waals surface area contributed by atoms with Gasteiger partial charge >= 0.3 is 0 Å². The third-order valence-electron chi connectivity index (χ3n) is 6.20.